The lowest BCUT2D eigenvalue weighted by Gasteiger charge is -2.29. The Balaban J connectivity index is 1.61. The molecule has 1 amide bonds. The molecule has 1 fully saturated rings. The average Bonchev–Trinajstić information content (AvgIpc) is 3.30. The summed E-state index contributed by atoms with van der Waals surface area (Å²) in [6.07, 6.45) is -4.77. The molecule has 37 heavy (non-hydrogen) atoms. The van der Waals surface area contributed by atoms with E-state index in [1.165, 1.54) is 6.07 Å². The second kappa shape index (κ2) is 10.7. The number of nitrogens with zero attached hydrogens (tertiary/aromatic N) is 3. The quantitative estimate of drug-likeness (QED) is 0.330. The molecular weight excluding hydrogens is 529 g/mol. The van der Waals surface area contributed by atoms with Gasteiger partial charge >= 0.3 is 6.18 Å². The minimum atomic E-state index is -4.77. The molecule has 2 atom stereocenters. The number of hydrogen-bond acceptors (Lipinski definition) is 3. The van der Waals surface area contributed by atoms with E-state index in [-0.39, 0.29) is 24.4 Å². The van der Waals surface area contributed by atoms with Crippen LogP contribution in [0.5, 0.6) is 0 Å². The summed E-state index contributed by atoms with van der Waals surface area (Å²) in [7, 11) is 1.78. The van der Waals surface area contributed by atoms with E-state index in [9.17, 15) is 22.4 Å². The Morgan fingerprint density at radius 3 is 2.35 bits per heavy atom. The summed E-state index contributed by atoms with van der Waals surface area (Å²) in [5, 5.41) is 9.77. The molecule has 2 unspecified atom stereocenters. The van der Waals surface area contributed by atoms with Crippen molar-refractivity contribution in [3.63, 3.8) is 0 Å². The Hall–Kier alpha value is -3.12. The van der Waals surface area contributed by atoms with Crippen LogP contribution in [-0.4, -0.2) is 41.9 Å². The fraction of sp³-hybridized carbons (Fsp3) is 0.259. The molecule has 3 aromatic carbocycles. The molecule has 0 aromatic heterocycles. The van der Waals surface area contributed by atoms with E-state index in [0.29, 0.717) is 39.8 Å². The van der Waals surface area contributed by atoms with E-state index in [1.807, 2.05) is 17.0 Å². The SMILES string of the molecule is CN(Cc1ccc(C(F)(F)F)c(F)c1)C1CN(C(=O)c2ccc(C#N)cc2)CC1c1ccc(Cl)c(Cl)c1. The number of alkyl halides is 3. The molecule has 0 aliphatic carbocycles. The lowest BCUT2D eigenvalue weighted by atomic mass is 9.93. The first-order valence-electron chi connectivity index (χ1n) is 11.3. The van der Waals surface area contributed by atoms with E-state index >= 15 is 0 Å². The number of rotatable bonds is 5. The Bertz CT molecular complexity index is 1360. The highest BCUT2D eigenvalue weighted by molar-refractivity contribution is 6.42. The number of amides is 1. The molecule has 0 radical (unpaired) electrons. The van der Waals surface area contributed by atoms with Crippen LogP contribution in [0.25, 0.3) is 0 Å². The van der Waals surface area contributed by atoms with Crippen LogP contribution in [-0.2, 0) is 12.7 Å². The van der Waals surface area contributed by atoms with Crippen molar-refractivity contribution >= 4 is 29.1 Å². The van der Waals surface area contributed by atoms with Gasteiger partial charge in [-0.15, -0.1) is 0 Å². The lowest BCUT2D eigenvalue weighted by Crippen LogP contribution is -2.38. The zero-order valence-corrected chi connectivity index (χ0v) is 21.1. The molecule has 0 saturated carbocycles. The molecular formula is C27H21Cl2F4N3O. The topological polar surface area (TPSA) is 47.3 Å². The highest BCUT2D eigenvalue weighted by atomic mass is 35.5. The van der Waals surface area contributed by atoms with Crippen LogP contribution in [0, 0.1) is 17.1 Å². The number of likely N-dealkylation sites (N-methyl/N-ethyl adjacent to an activating group) is 1. The zero-order chi connectivity index (χ0) is 26.9. The first-order valence-corrected chi connectivity index (χ1v) is 12.0. The van der Waals surface area contributed by atoms with Crippen molar-refractivity contribution in [1.29, 1.82) is 5.26 Å². The zero-order valence-electron chi connectivity index (χ0n) is 19.6. The fourth-order valence-electron chi connectivity index (χ4n) is 4.63. The van der Waals surface area contributed by atoms with Gasteiger partial charge in [0.2, 0.25) is 0 Å². The van der Waals surface area contributed by atoms with Crippen LogP contribution in [0.2, 0.25) is 10.0 Å². The molecule has 10 heteroatoms. The Labute approximate surface area is 221 Å². The first-order chi connectivity index (χ1) is 17.5. The van der Waals surface area contributed by atoms with Gasteiger partial charge in [-0.2, -0.15) is 18.4 Å². The molecule has 0 spiro atoms. The minimum Gasteiger partial charge on any atom is -0.336 e. The molecule has 0 bridgehead atoms. The lowest BCUT2D eigenvalue weighted by molar-refractivity contribution is -0.140. The monoisotopic (exact) mass is 549 g/mol. The largest absolute Gasteiger partial charge is 0.419 e. The van der Waals surface area contributed by atoms with Crippen LogP contribution in [0.3, 0.4) is 0 Å². The highest BCUT2D eigenvalue weighted by Crippen LogP contribution is 2.36. The molecule has 1 aliphatic heterocycles. The molecule has 192 valence electrons. The first kappa shape index (κ1) is 26.9. The third-order valence-corrected chi connectivity index (χ3v) is 7.29. The van der Waals surface area contributed by atoms with Crippen molar-refractivity contribution in [1.82, 2.24) is 9.80 Å². The van der Waals surface area contributed by atoms with Gasteiger partial charge in [-0.3, -0.25) is 9.69 Å². The van der Waals surface area contributed by atoms with E-state index in [4.69, 9.17) is 28.5 Å². The van der Waals surface area contributed by atoms with Gasteiger partial charge in [-0.25, -0.2) is 4.39 Å². The molecule has 0 N–H and O–H groups in total. The fourth-order valence-corrected chi connectivity index (χ4v) is 4.94. The summed E-state index contributed by atoms with van der Waals surface area (Å²) in [5.74, 6) is -1.74. The van der Waals surface area contributed by atoms with Crippen molar-refractivity contribution in [3.05, 3.63) is 104 Å². The maximum absolute atomic E-state index is 14.2. The number of benzene rings is 3. The second-order valence-corrected chi connectivity index (χ2v) is 9.79. The van der Waals surface area contributed by atoms with Crippen molar-refractivity contribution < 1.29 is 22.4 Å². The van der Waals surface area contributed by atoms with Gasteiger partial charge in [0.05, 0.1) is 27.2 Å². The van der Waals surface area contributed by atoms with E-state index in [0.717, 1.165) is 17.7 Å². The van der Waals surface area contributed by atoms with Crippen LogP contribution in [0.4, 0.5) is 17.6 Å². The standard InChI is InChI=1S/C27H21Cl2F4N3O/c1-35(13-17-4-8-21(24(30)10-17)27(31,32)33)25-15-36(26(37)18-5-2-16(12-34)3-6-18)14-20(25)19-7-9-22(28)23(29)11-19/h2-11,20,25H,13-15H2,1H3. The normalized spacial score (nSPS) is 17.8. The highest BCUT2D eigenvalue weighted by Gasteiger charge is 2.39. The van der Waals surface area contributed by atoms with Crippen molar-refractivity contribution in [2.45, 2.75) is 24.7 Å². The van der Waals surface area contributed by atoms with Gasteiger partial charge in [0.15, 0.2) is 0 Å². The predicted octanol–water partition coefficient (Wildman–Crippen LogP) is 6.76. The van der Waals surface area contributed by atoms with Crippen LogP contribution in [0.15, 0.2) is 60.7 Å². The Kier molecular flexibility index (Phi) is 7.79. The Morgan fingerprint density at radius 2 is 1.76 bits per heavy atom. The number of nitriles is 1. The number of halogens is 6. The maximum Gasteiger partial charge on any atom is 0.419 e. The van der Waals surface area contributed by atoms with Crippen LogP contribution in [0.1, 0.15) is 38.5 Å². The number of carbonyl (C=O) groups excluding carboxylic acids is 1. The van der Waals surface area contributed by atoms with E-state index < -0.39 is 17.6 Å². The van der Waals surface area contributed by atoms with Gasteiger partial charge in [0, 0.05) is 37.2 Å². The molecule has 1 saturated heterocycles. The summed E-state index contributed by atoms with van der Waals surface area (Å²) in [6, 6.07) is 16.2. The summed E-state index contributed by atoms with van der Waals surface area (Å²) in [6.45, 7) is 0.840. The summed E-state index contributed by atoms with van der Waals surface area (Å²) >= 11 is 12.3. The van der Waals surface area contributed by atoms with Crippen molar-refractivity contribution in [2.75, 3.05) is 20.1 Å². The van der Waals surface area contributed by atoms with E-state index in [2.05, 4.69) is 0 Å². The van der Waals surface area contributed by atoms with Crippen molar-refractivity contribution in [2.24, 2.45) is 0 Å². The molecule has 4 nitrogen and oxygen atoms in total. The predicted molar refractivity (Wildman–Crippen MR) is 133 cm³/mol. The number of carbonyl (C=O) groups is 1. The van der Waals surface area contributed by atoms with Crippen LogP contribution < -0.4 is 0 Å². The van der Waals surface area contributed by atoms with Gasteiger partial charge < -0.3 is 4.90 Å². The van der Waals surface area contributed by atoms with Gasteiger partial charge in [-0.1, -0.05) is 35.3 Å². The van der Waals surface area contributed by atoms with E-state index in [1.54, 1.807) is 48.3 Å². The third-order valence-electron chi connectivity index (χ3n) is 6.55. The molecule has 1 aliphatic rings. The second-order valence-electron chi connectivity index (χ2n) is 8.97. The molecule has 1 heterocycles. The smallest absolute Gasteiger partial charge is 0.336 e. The summed E-state index contributed by atoms with van der Waals surface area (Å²) < 4.78 is 53.1. The maximum atomic E-state index is 14.2. The third kappa shape index (κ3) is 5.90. The molecule has 3 aromatic rings. The Morgan fingerprint density at radius 1 is 1.05 bits per heavy atom. The van der Waals surface area contributed by atoms with Crippen LogP contribution >= 0.6 is 23.2 Å². The average molecular weight is 550 g/mol. The molecule has 4 rings (SSSR count). The number of likely N-dealkylation sites (tertiary alicyclic amines) is 1. The van der Waals surface area contributed by atoms with Gasteiger partial charge in [0.25, 0.3) is 5.91 Å². The van der Waals surface area contributed by atoms with Gasteiger partial charge in [-0.05, 0) is 66.7 Å². The number of hydrogen-bond donors (Lipinski definition) is 0. The summed E-state index contributed by atoms with van der Waals surface area (Å²) in [4.78, 5) is 16.8. The minimum absolute atomic E-state index is 0.163. The summed E-state index contributed by atoms with van der Waals surface area (Å²) in [5.41, 5.74) is 0.776. The van der Waals surface area contributed by atoms with Gasteiger partial charge in [0.1, 0.15) is 5.82 Å². The van der Waals surface area contributed by atoms with Crippen molar-refractivity contribution in [3.8, 4) is 6.07 Å².